The molecule has 162 valence electrons. The molecular weight excluding hydrogens is 366 g/mol. The number of nitrogens with one attached hydrogen (secondary N) is 1. The molecule has 0 unspecified atom stereocenters. The number of likely N-dealkylation sites (N-methyl/N-ethyl adjacent to an activating group) is 1. The second-order valence-electron chi connectivity index (χ2n) is 8.08. The summed E-state index contributed by atoms with van der Waals surface area (Å²) in [5, 5.41) is 2.88. The highest BCUT2D eigenvalue weighted by atomic mass is 16.5. The molecule has 0 bridgehead atoms. The number of amides is 2. The van der Waals surface area contributed by atoms with Crippen molar-refractivity contribution >= 4 is 17.5 Å². The van der Waals surface area contributed by atoms with Crippen LogP contribution in [0.5, 0.6) is 5.75 Å². The van der Waals surface area contributed by atoms with Gasteiger partial charge in [-0.2, -0.15) is 0 Å². The fourth-order valence-corrected chi connectivity index (χ4v) is 3.58. The summed E-state index contributed by atoms with van der Waals surface area (Å²) >= 11 is 0. The van der Waals surface area contributed by atoms with Gasteiger partial charge in [0, 0.05) is 38.2 Å². The molecule has 2 rings (SSSR count). The van der Waals surface area contributed by atoms with E-state index in [1.54, 1.807) is 0 Å². The summed E-state index contributed by atoms with van der Waals surface area (Å²) < 4.78 is 5.85. The molecule has 0 aliphatic carbocycles. The molecule has 1 aliphatic heterocycles. The molecule has 1 aliphatic rings. The first-order chi connectivity index (χ1) is 13.9. The first kappa shape index (κ1) is 23.2. The predicted molar refractivity (Wildman–Crippen MR) is 117 cm³/mol. The first-order valence-corrected chi connectivity index (χ1v) is 11.0. The Balaban J connectivity index is 1.78. The lowest BCUT2D eigenvalue weighted by atomic mass is 10.0. The lowest BCUT2D eigenvalue weighted by Gasteiger charge is -2.28. The van der Waals surface area contributed by atoms with Gasteiger partial charge in [-0.15, -0.1) is 0 Å². The number of ether oxygens (including phenoxy) is 1. The van der Waals surface area contributed by atoms with Crippen LogP contribution in [0.1, 0.15) is 52.5 Å². The van der Waals surface area contributed by atoms with E-state index >= 15 is 0 Å². The molecule has 0 fully saturated rings. The molecule has 0 atom stereocenters. The average molecular weight is 404 g/mol. The van der Waals surface area contributed by atoms with Crippen LogP contribution in [-0.4, -0.2) is 60.9 Å². The zero-order valence-corrected chi connectivity index (χ0v) is 18.5. The number of aryl methyl sites for hydroxylation is 1. The van der Waals surface area contributed by atoms with Gasteiger partial charge in [0.2, 0.25) is 11.8 Å². The average Bonchev–Trinajstić information content (AvgIpc) is 2.70. The largest absolute Gasteiger partial charge is 0.494 e. The van der Waals surface area contributed by atoms with E-state index in [0.29, 0.717) is 31.8 Å². The van der Waals surface area contributed by atoms with Crippen molar-refractivity contribution in [3.8, 4) is 5.75 Å². The van der Waals surface area contributed by atoms with E-state index in [1.807, 2.05) is 23.1 Å². The third kappa shape index (κ3) is 7.69. The van der Waals surface area contributed by atoms with Gasteiger partial charge >= 0.3 is 0 Å². The van der Waals surface area contributed by atoms with E-state index in [1.165, 1.54) is 0 Å². The van der Waals surface area contributed by atoms with Crippen LogP contribution in [0.25, 0.3) is 0 Å². The predicted octanol–water partition coefficient (Wildman–Crippen LogP) is 3.56. The van der Waals surface area contributed by atoms with E-state index in [9.17, 15) is 9.59 Å². The number of rotatable bonds is 12. The molecule has 2 amide bonds. The van der Waals surface area contributed by atoms with Gasteiger partial charge in [-0.05, 0) is 55.6 Å². The van der Waals surface area contributed by atoms with Gasteiger partial charge in [0.1, 0.15) is 5.75 Å². The Hall–Kier alpha value is -2.08. The lowest BCUT2D eigenvalue weighted by molar-refractivity contribution is -0.132. The van der Waals surface area contributed by atoms with E-state index in [0.717, 1.165) is 56.1 Å². The van der Waals surface area contributed by atoms with Crippen molar-refractivity contribution in [3.63, 3.8) is 0 Å². The SMILES string of the molecule is CCN(CC)CCN(CC(C)C)C(=O)CCCOc1ccc2c(c1)CCC(=O)N2. The topological polar surface area (TPSA) is 61.9 Å². The number of fused-ring (bicyclic) bond motifs is 1. The highest BCUT2D eigenvalue weighted by molar-refractivity contribution is 5.94. The molecule has 6 heteroatoms. The molecule has 29 heavy (non-hydrogen) atoms. The molecule has 6 nitrogen and oxygen atoms in total. The normalized spacial score (nSPS) is 13.4. The maximum absolute atomic E-state index is 12.7. The van der Waals surface area contributed by atoms with E-state index in [2.05, 4.69) is 37.9 Å². The number of hydrogen-bond donors (Lipinski definition) is 1. The van der Waals surface area contributed by atoms with Crippen molar-refractivity contribution in [2.75, 3.05) is 44.6 Å². The van der Waals surface area contributed by atoms with Crippen LogP contribution in [0.3, 0.4) is 0 Å². The van der Waals surface area contributed by atoms with Gasteiger partial charge in [-0.25, -0.2) is 0 Å². The number of carbonyl (C=O) groups excluding carboxylic acids is 2. The molecule has 0 saturated carbocycles. The van der Waals surface area contributed by atoms with Crippen LogP contribution in [0.4, 0.5) is 5.69 Å². The standard InChI is InChI=1S/C23H37N3O3/c1-5-25(6-2)13-14-26(17-18(3)4)23(28)8-7-15-29-20-10-11-21-19(16-20)9-12-22(27)24-21/h10-11,16,18H,5-9,12-15,17H2,1-4H3,(H,24,27). The van der Waals surface area contributed by atoms with Gasteiger partial charge < -0.3 is 19.9 Å². The Morgan fingerprint density at radius 1 is 1.17 bits per heavy atom. The maximum atomic E-state index is 12.7. The molecule has 1 heterocycles. The van der Waals surface area contributed by atoms with E-state index in [-0.39, 0.29) is 11.8 Å². The van der Waals surface area contributed by atoms with Crippen molar-refractivity contribution in [2.24, 2.45) is 5.92 Å². The molecular formula is C23H37N3O3. The Morgan fingerprint density at radius 2 is 1.93 bits per heavy atom. The van der Waals surface area contributed by atoms with Crippen LogP contribution in [0.15, 0.2) is 18.2 Å². The third-order valence-electron chi connectivity index (χ3n) is 5.29. The van der Waals surface area contributed by atoms with Gasteiger partial charge in [0.05, 0.1) is 6.61 Å². The van der Waals surface area contributed by atoms with E-state index in [4.69, 9.17) is 4.74 Å². The van der Waals surface area contributed by atoms with Gasteiger partial charge in [0.15, 0.2) is 0 Å². The molecule has 0 radical (unpaired) electrons. The number of anilines is 1. The van der Waals surface area contributed by atoms with Crippen LogP contribution < -0.4 is 10.1 Å². The van der Waals surface area contributed by atoms with Crippen LogP contribution in [0, 0.1) is 5.92 Å². The number of benzene rings is 1. The Kier molecular flexibility index (Phi) is 9.45. The fraction of sp³-hybridized carbons (Fsp3) is 0.652. The van der Waals surface area contributed by atoms with Crippen molar-refractivity contribution in [1.82, 2.24) is 9.80 Å². The van der Waals surface area contributed by atoms with E-state index < -0.39 is 0 Å². The molecule has 0 saturated heterocycles. The fourth-order valence-electron chi connectivity index (χ4n) is 3.58. The third-order valence-corrected chi connectivity index (χ3v) is 5.29. The van der Waals surface area contributed by atoms with Gasteiger partial charge in [-0.1, -0.05) is 27.7 Å². The molecule has 1 aromatic carbocycles. The zero-order valence-electron chi connectivity index (χ0n) is 18.5. The smallest absolute Gasteiger partial charge is 0.224 e. The summed E-state index contributed by atoms with van der Waals surface area (Å²) in [6.45, 7) is 13.7. The monoisotopic (exact) mass is 403 g/mol. The number of nitrogens with zero attached hydrogens (tertiary/aromatic N) is 2. The maximum Gasteiger partial charge on any atom is 0.224 e. The second-order valence-corrected chi connectivity index (χ2v) is 8.08. The van der Waals surface area contributed by atoms with Crippen molar-refractivity contribution < 1.29 is 14.3 Å². The van der Waals surface area contributed by atoms with Gasteiger partial charge in [-0.3, -0.25) is 9.59 Å². The highest BCUT2D eigenvalue weighted by Crippen LogP contribution is 2.26. The van der Waals surface area contributed by atoms with Crippen LogP contribution in [-0.2, 0) is 16.0 Å². The van der Waals surface area contributed by atoms with Gasteiger partial charge in [0.25, 0.3) is 0 Å². The summed E-state index contributed by atoms with van der Waals surface area (Å²) in [7, 11) is 0. The zero-order chi connectivity index (χ0) is 21.2. The minimum atomic E-state index is 0.0663. The van der Waals surface area contributed by atoms with Crippen LogP contribution in [0.2, 0.25) is 0 Å². The number of carbonyl (C=O) groups is 2. The minimum absolute atomic E-state index is 0.0663. The number of hydrogen-bond acceptors (Lipinski definition) is 4. The molecule has 0 aromatic heterocycles. The van der Waals surface area contributed by atoms with Crippen molar-refractivity contribution in [1.29, 1.82) is 0 Å². The summed E-state index contributed by atoms with van der Waals surface area (Å²) in [6.07, 6.45) is 2.47. The molecule has 1 aromatic rings. The molecule has 0 spiro atoms. The van der Waals surface area contributed by atoms with Crippen molar-refractivity contribution in [2.45, 2.75) is 53.4 Å². The Morgan fingerprint density at radius 3 is 2.62 bits per heavy atom. The Labute approximate surface area is 175 Å². The highest BCUT2D eigenvalue weighted by Gasteiger charge is 2.17. The summed E-state index contributed by atoms with van der Waals surface area (Å²) in [5.74, 6) is 1.54. The summed E-state index contributed by atoms with van der Waals surface area (Å²) in [5.41, 5.74) is 1.99. The molecule has 1 N–H and O–H groups in total. The second kappa shape index (κ2) is 11.8. The Bertz CT molecular complexity index is 671. The quantitative estimate of drug-likeness (QED) is 0.542. The summed E-state index contributed by atoms with van der Waals surface area (Å²) in [6, 6.07) is 5.76. The lowest BCUT2D eigenvalue weighted by Crippen LogP contribution is -2.40. The van der Waals surface area contributed by atoms with Crippen LogP contribution >= 0.6 is 0 Å². The van der Waals surface area contributed by atoms with Crippen molar-refractivity contribution in [3.05, 3.63) is 23.8 Å². The summed E-state index contributed by atoms with van der Waals surface area (Å²) in [4.78, 5) is 28.5. The minimum Gasteiger partial charge on any atom is -0.494 e. The first-order valence-electron chi connectivity index (χ1n) is 11.0.